The van der Waals surface area contributed by atoms with Gasteiger partial charge in [-0.3, -0.25) is 9.13 Å². The standard InChI is InChI=1S/C23H32F6O8P2/c1-7-36-17-9-13-19(14-10-17,38(30,32-3)33-4)21(22(24,25)26,23(27,28)29)20(39(31,34-5)35-6)15-11-18(12-16-20)37-8-2/h9-13,15H,7-8,14,16H2,1-6H3. The predicted octanol–water partition coefficient (Wildman–Crippen LogP) is 7.31. The molecule has 224 valence electrons. The molecule has 0 aromatic carbocycles. The lowest BCUT2D eigenvalue weighted by Crippen LogP contribution is -2.74. The van der Waals surface area contributed by atoms with Crippen LogP contribution in [0.15, 0.2) is 48.0 Å². The predicted molar refractivity (Wildman–Crippen MR) is 130 cm³/mol. The first-order chi connectivity index (χ1) is 18.0. The molecule has 39 heavy (non-hydrogen) atoms. The van der Waals surface area contributed by atoms with E-state index >= 15 is 26.3 Å². The van der Waals surface area contributed by atoms with Crippen LogP contribution >= 0.6 is 15.2 Å². The Morgan fingerprint density at radius 2 is 1.00 bits per heavy atom. The van der Waals surface area contributed by atoms with Crippen molar-refractivity contribution in [2.75, 3.05) is 41.7 Å². The normalized spacial score (nSPS) is 24.8. The second kappa shape index (κ2) is 11.7. The largest absolute Gasteiger partial charge is 0.494 e. The summed E-state index contributed by atoms with van der Waals surface area (Å²) in [6.07, 6.45) is -10.6. The minimum absolute atomic E-state index is 0.0410. The van der Waals surface area contributed by atoms with Gasteiger partial charge in [-0.15, -0.1) is 0 Å². The molecule has 0 saturated heterocycles. The van der Waals surface area contributed by atoms with Crippen molar-refractivity contribution in [2.24, 2.45) is 5.41 Å². The summed E-state index contributed by atoms with van der Waals surface area (Å²) < 4.78 is 152. The lowest BCUT2D eigenvalue weighted by Gasteiger charge is -2.60. The molecule has 0 saturated carbocycles. The third kappa shape index (κ3) is 4.85. The zero-order chi connectivity index (χ0) is 30.0. The summed E-state index contributed by atoms with van der Waals surface area (Å²) in [5, 5.41) is -7.15. The SMILES string of the molecule is CCOC1=CCC(C(C(F)(F)F)(C(F)(F)F)C2(P(=O)(OC)OC)C=CC(OCC)=CC2)(P(=O)(OC)OC)C=C1. The first-order valence-corrected chi connectivity index (χ1v) is 14.7. The number of allylic oxidation sites excluding steroid dienone is 6. The first kappa shape index (κ1) is 33.6. The van der Waals surface area contributed by atoms with Gasteiger partial charge in [0.1, 0.15) is 21.8 Å². The molecular formula is C23H32F6O8P2. The van der Waals surface area contributed by atoms with E-state index < -0.39 is 56.1 Å². The van der Waals surface area contributed by atoms with Crippen LogP contribution in [0.3, 0.4) is 0 Å². The number of halogens is 6. The van der Waals surface area contributed by atoms with E-state index in [0.29, 0.717) is 40.6 Å². The topological polar surface area (TPSA) is 89.5 Å². The molecule has 0 spiro atoms. The van der Waals surface area contributed by atoms with Gasteiger partial charge >= 0.3 is 27.5 Å². The average molecular weight is 612 g/mol. The van der Waals surface area contributed by atoms with E-state index in [1.807, 2.05) is 0 Å². The van der Waals surface area contributed by atoms with E-state index in [4.69, 9.17) is 27.6 Å². The van der Waals surface area contributed by atoms with E-state index in [-0.39, 0.29) is 24.7 Å². The van der Waals surface area contributed by atoms with Gasteiger partial charge in [-0.1, -0.05) is 12.2 Å². The molecule has 0 aliphatic heterocycles. The Balaban J connectivity index is 3.28. The molecule has 0 heterocycles. The summed E-state index contributed by atoms with van der Waals surface area (Å²) >= 11 is 0. The second-order valence-electron chi connectivity index (χ2n) is 8.47. The molecule has 2 aliphatic rings. The molecule has 2 rings (SSSR count). The molecule has 2 atom stereocenters. The average Bonchev–Trinajstić information content (AvgIpc) is 2.88. The van der Waals surface area contributed by atoms with Crippen LogP contribution in [-0.4, -0.2) is 64.3 Å². The smallest absolute Gasteiger partial charge is 0.406 e. The Kier molecular flexibility index (Phi) is 10.1. The Labute approximate surface area is 223 Å². The van der Waals surface area contributed by atoms with Crippen molar-refractivity contribution < 1.29 is 63.0 Å². The molecule has 16 heteroatoms. The molecule has 0 bridgehead atoms. The number of rotatable bonds is 12. The maximum Gasteiger partial charge on any atom is 0.406 e. The van der Waals surface area contributed by atoms with Crippen LogP contribution in [0, 0.1) is 5.41 Å². The monoisotopic (exact) mass is 612 g/mol. The van der Waals surface area contributed by atoms with E-state index in [1.165, 1.54) is 0 Å². The van der Waals surface area contributed by atoms with Gasteiger partial charge in [-0.25, -0.2) is 0 Å². The van der Waals surface area contributed by atoms with Gasteiger partial charge in [-0.2, -0.15) is 26.3 Å². The summed E-state index contributed by atoms with van der Waals surface area (Å²) in [5.41, 5.74) is -5.15. The molecule has 8 nitrogen and oxygen atoms in total. The van der Waals surface area contributed by atoms with E-state index in [2.05, 4.69) is 0 Å². The highest BCUT2D eigenvalue weighted by Crippen LogP contribution is 2.84. The quantitative estimate of drug-likeness (QED) is 0.168. The zero-order valence-corrected chi connectivity index (χ0v) is 24.0. The van der Waals surface area contributed by atoms with Crippen LogP contribution in [0.5, 0.6) is 0 Å². The van der Waals surface area contributed by atoms with Crippen molar-refractivity contribution in [1.82, 2.24) is 0 Å². The van der Waals surface area contributed by atoms with Gasteiger partial charge in [0, 0.05) is 28.4 Å². The first-order valence-electron chi connectivity index (χ1n) is 11.6. The summed E-state index contributed by atoms with van der Waals surface area (Å²) in [6.45, 7) is 3.19. The Morgan fingerprint density at radius 1 is 0.692 bits per heavy atom. The highest BCUT2D eigenvalue weighted by molar-refractivity contribution is 7.57. The number of alkyl halides is 6. The maximum absolute atomic E-state index is 15.7. The van der Waals surface area contributed by atoms with Crippen molar-refractivity contribution in [1.29, 1.82) is 0 Å². The summed E-state index contributed by atoms with van der Waals surface area (Å²) in [7, 11) is -8.17. The number of hydrogen-bond acceptors (Lipinski definition) is 8. The summed E-state index contributed by atoms with van der Waals surface area (Å²) in [5.74, 6) is -0.142. The van der Waals surface area contributed by atoms with Crippen LogP contribution in [-0.2, 0) is 36.7 Å². The van der Waals surface area contributed by atoms with Crippen molar-refractivity contribution in [2.45, 2.75) is 49.4 Å². The van der Waals surface area contributed by atoms with Gasteiger partial charge in [0.05, 0.1) is 13.2 Å². The fourth-order valence-electron chi connectivity index (χ4n) is 5.46. The third-order valence-corrected chi connectivity index (χ3v) is 12.2. The minimum Gasteiger partial charge on any atom is -0.494 e. The third-order valence-electron chi connectivity index (χ3n) is 6.99. The van der Waals surface area contributed by atoms with Crippen LogP contribution in [0.25, 0.3) is 0 Å². The van der Waals surface area contributed by atoms with Gasteiger partial charge < -0.3 is 27.6 Å². The van der Waals surface area contributed by atoms with Crippen LogP contribution in [0.2, 0.25) is 0 Å². The van der Waals surface area contributed by atoms with Gasteiger partial charge in [0.2, 0.25) is 5.41 Å². The molecule has 0 fully saturated rings. The van der Waals surface area contributed by atoms with Gasteiger partial charge in [0.15, 0.2) is 0 Å². The maximum atomic E-state index is 15.7. The molecule has 2 unspecified atom stereocenters. The van der Waals surface area contributed by atoms with Crippen molar-refractivity contribution >= 4 is 15.2 Å². The Hall–Kier alpha value is -1.56. The highest BCUT2D eigenvalue weighted by Gasteiger charge is 2.92. The van der Waals surface area contributed by atoms with E-state index in [9.17, 15) is 9.13 Å². The molecule has 0 N–H and O–H groups in total. The van der Waals surface area contributed by atoms with Gasteiger partial charge in [0.25, 0.3) is 0 Å². The fourth-order valence-corrected chi connectivity index (χ4v) is 10.0. The fraction of sp³-hybridized carbons (Fsp3) is 0.652. The molecule has 0 radical (unpaired) electrons. The molecule has 0 aromatic heterocycles. The lowest BCUT2D eigenvalue weighted by molar-refractivity contribution is -0.360. The van der Waals surface area contributed by atoms with Crippen molar-refractivity contribution in [3.05, 3.63) is 48.0 Å². The van der Waals surface area contributed by atoms with Crippen LogP contribution < -0.4 is 0 Å². The second-order valence-corrected chi connectivity index (χ2v) is 13.5. The van der Waals surface area contributed by atoms with Crippen LogP contribution in [0.4, 0.5) is 26.3 Å². The van der Waals surface area contributed by atoms with Gasteiger partial charge in [-0.05, 0) is 51.0 Å². The zero-order valence-electron chi connectivity index (χ0n) is 22.2. The van der Waals surface area contributed by atoms with E-state index in [0.717, 1.165) is 24.3 Å². The minimum atomic E-state index is -6.31. The lowest BCUT2D eigenvalue weighted by atomic mass is 9.60. The molecule has 0 amide bonds. The van der Waals surface area contributed by atoms with Crippen molar-refractivity contribution in [3.8, 4) is 0 Å². The van der Waals surface area contributed by atoms with Crippen LogP contribution in [0.1, 0.15) is 26.7 Å². The van der Waals surface area contributed by atoms with E-state index in [1.54, 1.807) is 13.8 Å². The summed E-state index contributed by atoms with van der Waals surface area (Å²) in [6, 6.07) is 0. The molecule has 0 aromatic rings. The number of hydrogen-bond donors (Lipinski definition) is 0. The Morgan fingerprint density at radius 3 is 1.18 bits per heavy atom. The number of ether oxygens (including phenoxy) is 2. The molecule has 2 aliphatic carbocycles. The van der Waals surface area contributed by atoms with Crippen molar-refractivity contribution in [3.63, 3.8) is 0 Å². The Bertz CT molecular complexity index is 1010. The summed E-state index contributed by atoms with van der Waals surface area (Å²) in [4.78, 5) is 0. The molecular weight excluding hydrogens is 580 g/mol. The highest BCUT2D eigenvalue weighted by atomic mass is 31.2.